The first kappa shape index (κ1) is 22.3. The fraction of sp³-hybridized carbons (Fsp3) is 0.310. The second-order valence-electron chi connectivity index (χ2n) is 9.24. The van der Waals surface area contributed by atoms with Crippen molar-refractivity contribution in [1.82, 2.24) is 10.2 Å². The fourth-order valence-corrected chi connectivity index (χ4v) is 5.52. The van der Waals surface area contributed by atoms with E-state index in [0.29, 0.717) is 12.1 Å². The highest BCUT2D eigenvalue weighted by Gasteiger charge is 2.46. The number of amides is 2. The number of carbonyl (C=O) groups excluding carboxylic acids is 2. The predicted molar refractivity (Wildman–Crippen MR) is 130 cm³/mol. The Labute approximate surface area is 199 Å². The molecule has 1 heterocycles. The summed E-state index contributed by atoms with van der Waals surface area (Å²) >= 11 is 0. The van der Waals surface area contributed by atoms with Crippen molar-refractivity contribution in [3.05, 3.63) is 107 Å². The topological polar surface area (TPSA) is 49.4 Å². The largest absolute Gasteiger partial charge is 0.355 e. The van der Waals surface area contributed by atoms with E-state index in [2.05, 4.69) is 5.32 Å². The molecule has 3 aromatic carbocycles. The molecule has 0 saturated heterocycles. The van der Waals surface area contributed by atoms with Gasteiger partial charge in [0.25, 0.3) is 5.91 Å². The van der Waals surface area contributed by atoms with Crippen LogP contribution >= 0.6 is 0 Å². The molecule has 4 nitrogen and oxygen atoms in total. The number of hydrogen-bond donors (Lipinski definition) is 1. The average Bonchev–Trinajstić information content (AvgIpc) is 3.39. The zero-order valence-electron chi connectivity index (χ0n) is 19.1. The minimum Gasteiger partial charge on any atom is -0.355 e. The van der Waals surface area contributed by atoms with Crippen molar-refractivity contribution in [2.75, 3.05) is 6.54 Å². The highest BCUT2D eigenvalue weighted by Crippen LogP contribution is 2.46. The van der Waals surface area contributed by atoms with Crippen LogP contribution in [-0.2, 0) is 11.2 Å². The molecule has 2 amide bonds. The number of nitrogens with one attached hydrogen (secondary N) is 1. The molecule has 3 aromatic rings. The van der Waals surface area contributed by atoms with Gasteiger partial charge in [0, 0.05) is 18.2 Å². The number of hydrogen-bond acceptors (Lipinski definition) is 2. The Kier molecular flexibility index (Phi) is 6.43. The summed E-state index contributed by atoms with van der Waals surface area (Å²) in [6.45, 7) is 0.509. The van der Waals surface area contributed by atoms with Crippen LogP contribution in [0.15, 0.2) is 78.9 Å². The highest BCUT2D eigenvalue weighted by molar-refractivity contribution is 6.01. The lowest BCUT2D eigenvalue weighted by atomic mass is 9.78. The van der Waals surface area contributed by atoms with Crippen molar-refractivity contribution in [2.24, 2.45) is 0 Å². The van der Waals surface area contributed by atoms with E-state index in [-0.39, 0.29) is 23.7 Å². The van der Waals surface area contributed by atoms with Crippen molar-refractivity contribution in [2.45, 2.75) is 50.1 Å². The lowest BCUT2D eigenvalue weighted by Crippen LogP contribution is -2.51. The smallest absolute Gasteiger partial charge is 0.254 e. The predicted octanol–water partition coefficient (Wildman–Crippen LogP) is 5.41. The van der Waals surface area contributed by atoms with Gasteiger partial charge in [-0.1, -0.05) is 73.5 Å². The van der Waals surface area contributed by atoms with Gasteiger partial charge in [-0.15, -0.1) is 0 Å². The van der Waals surface area contributed by atoms with Crippen molar-refractivity contribution in [3.63, 3.8) is 0 Å². The van der Waals surface area contributed by atoms with Crippen LogP contribution in [-0.4, -0.2) is 29.3 Å². The quantitative estimate of drug-likeness (QED) is 0.539. The van der Waals surface area contributed by atoms with E-state index in [1.54, 1.807) is 12.1 Å². The second-order valence-corrected chi connectivity index (χ2v) is 9.24. The molecule has 34 heavy (non-hydrogen) atoms. The maximum Gasteiger partial charge on any atom is 0.254 e. The number of nitrogens with zero attached hydrogens (tertiary/aromatic N) is 1. The van der Waals surface area contributed by atoms with Gasteiger partial charge in [-0.3, -0.25) is 9.59 Å². The summed E-state index contributed by atoms with van der Waals surface area (Å²) < 4.78 is 13.8. The third-order valence-electron chi connectivity index (χ3n) is 7.14. The van der Waals surface area contributed by atoms with E-state index in [1.165, 1.54) is 12.1 Å². The van der Waals surface area contributed by atoms with Gasteiger partial charge in [0.15, 0.2) is 0 Å². The number of fused-ring (bicyclic) bond motifs is 1. The van der Waals surface area contributed by atoms with Crippen LogP contribution in [0.5, 0.6) is 0 Å². The maximum atomic E-state index is 13.8. The first-order chi connectivity index (χ1) is 16.6. The number of benzene rings is 3. The summed E-state index contributed by atoms with van der Waals surface area (Å²) in [4.78, 5) is 29.4. The normalized spacial score (nSPS) is 20.3. The van der Waals surface area contributed by atoms with Crippen LogP contribution < -0.4 is 5.32 Å². The summed E-state index contributed by atoms with van der Waals surface area (Å²) in [5.74, 6) is -1.03. The first-order valence-electron chi connectivity index (χ1n) is 12.1. The van der Waals surface area contributed by atoms with Crippen LogP contribution in [0.25, 0.3) is 0 Å². The van der Waals surface area contributed by atoms with Crippen molar-refractivity contribution in [1.29, 1.82) is 0 Å². The number of rotatable bonds is 6. The Morgan fingerprint density at radius 3 is 2.32 bits per heavy atom. The maximum absolute atomic E-state index is 13.8. The molecule has 1 fully saturated rings. The molecule has 0 spiro atoms. The van der Waals surface area contributed by atoms with E-state index >= 15 is 0 Å². The van der Waals surface area contributed by atoms with Gasteiger partial charge in [-0.2, -0.15) is 0 Å². The Morgan fingerprint density at radius 2 is 1.59 bits per heavy atom. The molecule has 174 valence electrons. The van der Waals surface area contributed by atoms with Crippen LogP contribution in [0.4, 0.5) is 4.39 Å². The summed E-state index contributed by atoms with van der Waals surface area (Å²) in [6, 6.07) is 23.4. The van der Waals surface area contributed by atoms with Gasteiger partial charge in [-0.25, -0.2) is 4.39 Å². The van der Waals surface area contributed by atoms with Crippen molar-refractivity contribution >= 4 is 11.8 Å². The summed E-state index contributed by atoms with van der Waals surface area (Å²) in [6.07, 6.45) is 4.72. The average molecular weight is 457 g/mol. The molecule has 5 rings (SSSR count). The van der Waals surface area contributed by atoms with Gasteiger partial charge in [-0.05, 0) is 54.2 Å². The zero-order valence-corrected chi connectivity index (χ0v) is 19.1. The third-order valence-corrected chi connectivity index (χ3v) is 7.14. The Hall–Kier alpha value is -3.47. The third kappa shape index (κ3) is 4.35. The van der Waals surface area contributed by atoms with Gasteiger partial charge >= 0.3 is 0 Å². The van der Waals surface area contributed by atoms with Gasteiger partial charge in [0.1, 0.15) is 5.82 Å². The molecule has 1 aliphatic heterocycles. The van der Waals surface area contributed by atoms with E-state index < -0.39 is 12.0 Å². The SMILES string of the molecule is O=C(NCCc1ccccc1)[C@@H]1c2ccccc2C(=O)N(C2CCCC2)[C@H]1c1ccc(F)cc1. The second kappa shape index (κ2) is 9.80. The molecule has 1 N–H and O–H groups in total. The van der Waals surface area contributed by atoms with Crippen LogP contribution in [0, 0.1) is 5.82 Å². The minimum absolute atomic E-state index is 0.0369. The first-order valence-corrected chi connectivity index (χ1v) is 12.1. The molecular formula is C29H29FN2O2. The van der Waals surface area contributed by atoms with E-state index in [0.717, 1.165) is 48.8 Å². The molecule has 2 atom stereocenters. The summed E-state index contributed by atoms with van der Waals surface area (Å²) in [7, 11) is 0. The fourth-order valence-electron chi connectivity index (χ4n) is 5.52. The molecule has 0 aromatic heterocycles. The van der Waals surface area contributed by atoms with Crippen molar-refractivity contribution in [3.8, 4) is 0 Å². The molecule has 1 saturated carbocycles. The Balaban J connectivity index is 1.52. The standard InChI is InChI=1S/C29H29FN2O2/c30-22-16-14-21(15-17-22)27-26(28(33)31-19-18-20-8-2-1-3-9-20)24-12-6-7-13-25(24)29(34)32(27)23-10-4-5-11-23/h1-3,6-9,12-17,23,26-27H,4-5,10-11,18-19H2,(H,31,33)/t26-,27+/m1/s1. The Bertz CT molecular complexity index is 1160. The lowest BCUT2D eigenvalue weighted by molar-refractivity contribution is -0.124. The van der Waals surface area contributed by atoms with Crippen LogP contribution in [0.3, 0.4) is 0 Å². The zero-order chi connectivity index (χ0) is 23.5. The van der Waals surface area contributed by atoms with Gasteiger partial charge in [0.05, 0.1) is 12.0 Å². The molecule has 0 unspecified atom stereocenters. The molecule has 0 bridgehead atoms. The van der Waals surface area contributed by atoms with Gasteiger partial charge < -0.3 is 10.2 Å². The lowest BCUT2D eigenvalue weighted by Gasteiger charge is -2.45. The van der Waals surface area contributed by atoms with E-state index in [1.807, 2.05) is 59.5 Å². The number of carbonyl (C=O) groups is 2. The summed E-state index contributed by atoms with van der Waals surface area (Å²) in [5.41, 5.74) is 3.29. The van der Waals surface area contributed by atoms with Gasteiger partial charge in [0.2, 0.25) is 5.91 Å². The Morgan fingerprint density at radius 1 is 0.912 bits per heavy atom. The molecule has 0 radical (unpaired) electrons. The minimum atomic E-state index is -0.560. The van der Waals surface area contributed by atoms with Crippen molar-refractivity contribution < 1.29 is 14.0 Å². The van der Waals surface area contributed by atoms with E-state index in [9.17, 15) is 14.0 Å². The van der Waals surface area contributed by atoms with Crippen LogP contribution in [0.2, 0.25) is 0 Å². The molecular weight excluding hydrogens is 427 g/mol. The molecule has 1 aliphatic carbocycles. The summed E-state index contributed by atoms with van der Waals surface area (Å²) in [5, 5.41) is 3.13. The highest BCUT2D eigenvalue weighted by atomic mass is 19.1. The van der Waals surface area contributed by atoms with Crippen LogP contribution in [0.1, 0.15) is 64.7 Å². The monoisotopic (exact) mass is 456 g/mol. The van der Waals surface area contributed by atoms with E-state index in [4.69, 9.17) is 0 Å². The molecule has 2 aliphatic rings. The molecule has 5 heteroatoms. The number of halogens is 1.